The lowest BCUT2D eigenvalue weighted by atomic mass is 10.1. The number of nitrogens with zero attached hydrogens (tertiary/aromatic N) is 1. The molecule has 0 aliphatic carbocycles. The molecule has 5 nitrogen and oxygen atoms in total. The first-order valence-electron chi connectivity index (χ1n) is 10.6. The number of rotatable bonds is 8. The molecule has 3 aromatic rings. The third kappa shape index (κ3) is 4.36. The standard InChI is InChI=1S/C26H25NO4S/c1-4-13-30-21-11-8-19(9-12-21)23-24(32-16-22-6-5-14-31-22)26(29)27(25(23)28)20-10-7-17(2)18(3)15-20/h5-12,14-15H,4,13,16H2,1-3H3. The molecule has 0 unspecified atom stereocenters. The Bertz CT molecular complexity index is 1160. The van der Waals surface area contributed by atoms with Gasteiger partial charge >= 0.3 is 0 Å². The lowest BCUT2D eigenvalue weighted by Gasteiger charge is -2.16. The molecule has 0 spiro atoms. The highest BCUT2D eigenvalue weighted by Crippen LogP contribution is 2.40. The van der Waals surface area contributed by atoms with Gasteiger partial charge in [-0.1, -0.05) is 25.1 Å². The van der Waals surface area contributed by atoms with Crippen LogP contribution >= 0.6 is 11.8 Å². The summed E-state index contributed by atoms with van der Waals surface area (Å²) in [5.41, 5.74) is 3.82. The molecule has 6 heteroatoms. The second kappa shape index (κ2) is 9.49. The zero-order chi connectivity index (χ0) is 22.7. The van der Waals surface area contributed by atoms with Gasteiger partial charge in [0.1, 0.15) is 11.5 Å². The van der Waals surface area contributed by atoms with Gasteiger partial charge in [-0.15, -0.1) is 11.8 Å². The molecule has 4 rings (SSSR count). The van der Waals surface area contributed by atoms with Gasteiger partial charge in [0.05, 0.1) is 34.8 Å². The number of hydrogen-bond donors (Lipinski definition) is 0. The molecule has 2 amide bonds. The Morgan fingerprint density at radius 2 is 1.75 bits per heavy atom. The maximum atomic E-state index is 13.5. The number of ether oxygens (including phenoxy) is 1. The Balaban J connectivity index is 1.71. The first-order chi connectivity index (χ1) is 15.5. The van der Waals surface area contributed by atoms with Crippen LogP contribution in [0.1, 0.15) is 35.8 Å². The molecule has 0 fully saturated rings. The predicted molar refractivity (Wildman–Crippen MR) is 128 cm³/mol. The fraction of sp³-hybridized carbons (Fsp3) is 0.231. The highest BCUT2D eigenvalue weighted by molar-refractivity contribution is 8.03. The highest BCUT2D eigenvalue weighted by atomic mass is 32.2. The lowest BCUT2D eigenvalue weighted by Crippen LogP contribution is -2.31. The molecule has 2 aromatic carbocycles. The number of anilines is 1. The molecule has 0 atom stereocenters. The van der Waals surface area contributed by atoms with Gasteiger partial charge in [-0.3, -0.25) is 9.59 Å². The normalized spacial score (nSPS) is 13.9. The minimum Gasteiger partial charge on any atom is -0.494 e. The summed E-state index contributed by atoms with van der Waals surface area (Å²) < 4.78 is 11.1. The van der Waals surface area contributed by atoms with Crippen LogP contribution in [-0.4, -0.2) is 18.4 Å². The second-order valence-corrected chi connectivity index (χ2v) is 8.64. The van der Waals surface area contributed by atoms with E-state index >= 15 is 0 Å². The van der Waals surface area contributed by atoms with Crippen molar-refractivity contribution in [3.05, 3.63) is 88.2 Å². The van der Waals surface area contributed by atoms with Gasteiger partial charge in [-0.2, -0.15) is 0 Å². The number of carbonyl (C=O) groups is 2. The van der Waals surface area contributed by atoms with Crippen LogP contribution in [0.4, 0.5) is 5.69 Å². The molecular formula is C26H25NO4S. The fourth-order valence-electron chi connectivity index (χ4n) is 3.47. The van der Waals surface area contributed by atoms with Crippen LogP contribution in [0.3, 0.4) is 0 Å². The Morgan fingerprint density at radius 3 is 2.41 bits per heavy atom. The van der Waals surface area contributed by atoms with Gasteiger partial charge in [0, 0.05) is 0 Å². The smallest absolute Gasteiger partial charge is 0.272 e. The zero-order valence-corrected chi connectivity index (χ0v) is 19.2. The van der Waals surface area contributed by atoms with Gasteiger partial charge in [0.25, 0.3) is 11.8 Å². The monoisotopic (exact) mass is 447 g/mol. The summed E-state index contributed by atoms with van der Waals surface area (Å²) in [6.45, 7) is 6.65. The third-order valence-corrected chi connectivity index (χ3v) is 6.44. The number of carbonyl (C=O) groups excluding carboxylic acids is 2. The van der Waals surface area contributed by atoms with Gasteiger partial charge in [0.15, 0.2) is 0 Å². The Kier molecular flexibility index (Phi) is 6.51. The number of benzene rings is 2. The SMILES string of the molecule is CCCOc1ccc(C2=C(SCc3ccco3)C(=O)N(c3ccc(C)c(C)c3)C2=O)cc1. The number of furan rings is 1. The van der Waals surface area contributed by atoms with Crippen LogP contribution in [-0.2, 0) is 15.3 Å². The van der Waals surface area contributed by atoms with Crippen LogP contribution in [0.2, 0.25) is 0 Å². The minimum atomic E-state index is -0.317. The second-order valence-electron chi connectivity index (χ2n) is 7.66. The maximum Gasteiger partial charge on any atom is 0.272 e. The summed E-state index contributed by atoms with van der Waals surface area (Å²) in [5, 5.41) is 0. The first-order valence-corrected chi connectivity index (χ1v) is 11.6. The molecule has 2 heterocycles. The molecule has 0 N–H and O–H groups in total. The van der Waals surface area contributed by atoms with Crippen molar-refractivity contribution >= 4 is 34.8 Å². The molecular weight excluding hydrogens is 422 g/mol. The third-order valence-electron chi connectivity index (χ3n) is 5.34. The van der Waals surface area contributed by atoms with E-state index in [4.69, 9.17) is 9.15 Å². The molecule has 0 saturated carbocycles. The van der Waals surface area contributed by atoms with Gasteiger partial charge in [0.2, 0.25) is 0 Å². The average molecular weight is 448 g/mol. The minimum absolute atomic E-state index is 0.309. The van der Waals surface area contributed by atoms with E-state index in [9.17, 15) is 9.59 Å². The van der Waals surface area contributed by atoms with Crippen LogP contribution in [0.5, 0.6) is 5.75 Å². The van der Waals surface area contributed by atoms with Crippen LogP contribution in [0, 0.1) is 13.8 Å². The maximum absolute atomic E-state index is 13.5. The van der Waals surface area contributed by atoms with Gasteiger partial charge < -0.3 is 9.15 Å². The van der Waals surface area contributed by atoms with E-state index in [1.165, 1.54) is 16.7 Å². The van der Waals surface area contributed by atoms with E-state index in [1.807, 2.05) is 75.4 Å². The average Bonchev–Trinajstić information content (AvgIpc) is 3.39. The quantitative estimate of drug-likeness (QED) is 0.402. The van der Waals surface area contributed by atoms with Crippen LogP contribution < -0.4 is 9.64 Å². The summed E-state index contributed by atoms with van der Waals surface area (Å²) in [4.78, 5) is 28.7. The van der Waals surface area contributed by atoms with E-state index in [0.29, 0.717) is 34.1 Å². The summed E-state index contributed by atoms with van der Waals surface area (Å²) in [6, 6.07) is 16.6. The van der Waals surface area contributed by atoms with Gasteiger partial charge in [-0.25, -0.2) is 4.90 Å². The number of thioether (sulfide) groups is 1. The highest BCUT2D eigenvalue weighted by Gasteiger charge is 2.40. The molecule has 164 valence electrons. The van der Waals surface area contributed by atoms with Crippen molar-refractivity contribution in [1.29, 1.82) is 0 Å². The summed E-state index contributed by atoms with van der Waals surface area (Å²) in [7, 11) is 0. The molecule has 0 radical (unpaired) electrons. The fourth-order valence-corrected chi connectivity index (χ4v) is 4.49. The summed E-state index contributed by atoms with van der Waals surface area (Å²) >= 11 is 1.32. The van der Waals surface area contributed by atoms with E-state index in [2.05, 4.69) is 0 Å². The van der Waals surface area contributed by atoms with Crippen molar-refractivity contribution in [2.45, 2.75) is 32.9 Å². The Hall–Kier alpha value is -3.25. The number of amides is 2. The molecule has 1 aliphatic heterocycles. The van der Waals surface area contributed by atoms with E-state index < -0.39 is 0 Å². The van der Waals surface area contributed by atoms with Crippen LogP contribution in [0.25, 0.3) is 5.57 Å². The Morgan fingerprint density at radius 1 is 0.969 bits per heavy atom. The first kappa shape index (κ1) is 22.0. The summed E-state index contributed by atoms with van der Waals surface area (Å²) in [6.07, 6.45) is 2.52. The molecule has 1 aromatic heterocycles. The lowest BCUT2D eigenvalue weighted by molar-refractivity contribution is -0.119. The zero-order valence-electron chi connectivity index (χ0n) is 18.4. The van der Waals surface area contributed by atoms with Crippen molar-refractivity contribution in [3.8, 4) is 5.75 Å². The van der Waals surface area contributed by atoms with Crippen molar-refractivity contribution in [3.63, 3.8) is 0 Å². The van der Waals surface area contributed by atoms with Crippen molar-refractivity contribution in [2.75, 3.05) is 11.5 Å². The molecule has 1 aliphatic rings. The number of hydrogen-bond acceptors (Lipinski definition) is 5. The molecule has 0 bridgehead atoms. The summed E-state index contributed by atoms with van der Waals surface area (Å²) in [5.74, 6) is 1.32. The van der Waals surface area contributed by atoms with Crippen molar-refractivity contribution in [2.24, 2.45) is 0 Å². The predicted octanol–water partition coefficient (Wildman–Crippen LogP) is 5.90. The van der Waals surface area contributed by atoms with Crippen LogP contribution in [0.15, 0.2) is 70.2 Å². The largest absolute Gasteiger partial charge is 0.494 e. The Labute approximate surface area is 192 Å². The van der Waals surface area contributed by atoms with Crippen molar-refractivity contribution < 1.29 is 18.7 Å². The number of aryl methyl sites for hydroxylation is 2. The van der Waals surface area contributed by atoms with Gasteiger partial charge in [-0.05, 0) is 73.4 Å². The van der Waals surface area contributed by atoms with E-state index in [-0.39, 0.29) is 11.8 Å². The topological polar surface area (TPSA) is 59.8 Å². The molecule has 0 saturated heterocycles. The van der Waals surface area contributed by atoms with E-state index in [1.54, 1.807) is 6.26 Å². The van der Waals surface area contributed by atoms with E-state index in [0.717, 1.165) is 29.1 Å². The van der Waals surface area contributed by atoms with Crippen molar-refractivity contribution in [1.82, 2.24) is 0 Å². The molecule has 32 heavy (non-hydrogen) atoms. The number of imide groups is 1.